The molecule has 1 N–H and O–H groups in total. The Kier molecular flexibility index (Phi) is 3.71. The first-order valence-corrected chi connectivity index (χ1v) is 5.90. The van der Waals surface area contributed by atoms with Gasteiger partial charge in [-0.3, -0.25) is 4.79 Å². The summed E-state index contributed by atoms with van der Waals surface area (Å²) in [5, 5.41) is 19.3. The molecule has 0 radical (unpaired) electrons. The number of Topliss-reactive ketones (excluding diaryl/α,β-unsaturated/α-hetero) is 1. The summed E-state index contributed by atoms with van der Waals surface area (Å²) >= 11 is 0. The molecular formula is C15H14N2O2. The number of allylic oxidation sites excluding steroid dienone is 2. The quantitative estimate of drug-likeness (QED) is 0.504. The Balaban J connectivity index is 2.47. The number of carbonyl (C=O) groups excluding carboxylic acids is 1. The van der Waals surface area contributed by atoms with Crippen molar-refractivity contribution in [3.05, 3.63) is 53.9 Å². The van der Waals surface area contributed by atoms with E-state index in [1.165, 1.54) is 13.8 Å². The first-order chi connectivity index (χ1) is 9.09. The lowest BCUT2D eigenvalue weighted by Gasteiger charge is -2.01. The van der Waals surface area contributed by atoms with Gasteiger partial charge in [0, 0.05) is 12.3 Å². The second-order valence-electron chi connectivity index (χ2n) is 4.19. The topological polar surface area (TPSA) is 62.0 Å². The lowest BCUT2D eigenvalue weighted by molar-refractivity contribution is -0.113. The van der Waals surface area contributed by atoms with E-state index >= 15 is 0 Å². The minimum Gasteiger partial charge on any atom is -0.510 e. The van der Waals surface area contributed by atoms with Crippen molar-refractivity contribution < 1.29 is 9.90 Å². The van der Waals surface area contributed by atoms with E-state index in [0.717, 1.165) is 10.8 Å². The van der Waals surface area contributed by atoms with E-state index in [1.807, 2.05) is 42.5 Å². The molecule has 2 aromatic carbocycles. The van der Waals surface area contributed by atoms with Crippen molar-refractivity contribution in [3.63, 3.8) is 0 Å². The third kappa shape index (κ3) is 2.85. The highest BCUT2D eigenvalue weighted by molar-refractivity contribution is 5.94. The molecule has 0 bridgehead atoms. The molecule has 96 valence electrons. The maximum Gasteiger partial charge on any atom is 0.183 e. The van der Waals surface area contributed by atoms with Crippen molar-refractivity contribution in [1.82, 2.24) is 0 Å². The Morgan fingerprint density at radius 3 is 2.42 bits per heavy atom. The highest BCUT2D eigenvalue weighted by Gasteiger charge is 2.07. The average molecular weight is 254 g/mol. The predicted molar refractivity (Wildman–Crippen MR) is 74.5 cm³/mol. The van der Waals surface area contributed by atoms with Crippen LogP contribution < -0.4 is 0 Å². The minimum absolute atomic E-state index is 0.0204. The molecule has 0 aromatic heterocycles. The fourth-order valence-electron chi connectivity index (χ4n) is 1.80. The monoisotopic (exact) mass is 254 g/mol. The van der Waals surface area contributed by atoms with Gasteiger partial charge >= 0.3 is 0 Å². The number of carbonyl (C=O) groups is 1. The molecule has 2 aromatic rings. The molecule has 0 aliphatic heterocycles. The van der Waals surface area contributed by atoms with Gasteiger partial charge in [0.2, 0.25) is 0 Å². The van der Waals surface area contributed by atoms with Crippen LogP contribution in [0, 0.1) is 0 Å². The first kappa shape index (κ1) is 13.0. The van der Waals surface area contributed by atoms with Crippen LogP contribution in [0.3, 0.4) is 0 Å². The number of rotatable bonds is 3. The second kappa shape index (κ2) is 5.44. The number of azo groups is 1. The number of hydrogen-bond acceptors (Lipinski definition) is 4. The zero-order valence-electron chi connectivity index (χ0n) is 10.8. The van der Waals surface area contributed by atoms with Crippen LogP contribution in [0.1, 0.15) is 13.8 Å². The van der Waals surface area contributed by atoms with E-state index in [1.54, 1.807) is 0 Å². The molecule has 0 saturated heterocycles. The third-order valence-corrected chi connectivity index (χ3v) is 2.70. The van der Waals surface area contributed by atoms with Crippen LogP contribution in [0.25, 0.3) is 10.8 Å². The highest BCUT2D eigenvalue weighted by Crippen LogP contribution is 2.26. The van der Waals surface area contributed by atoms with Crippen LogP contribution in [0.4, 0.5) is 5.69 Å². The number of hydrogen-bond donors (Lipinski definition) is 1. The normalized spacial score (nSPS) is 12.7. The summed E-state index contributed by atoms with van der Waals surface area (Å²) in [6, 6.07) is 13.5. The summed E-state index contributed by atoms with van der Waals surface area (Å²) in [7, 11) is 0. The van der Waals surface area contributed by atoms with Gasteiger partial charge in [-0.1, -0.05) is 36.4 Å². The van der Waals surface area contributed by atoms with Gasteiger partial charge in [-0.05, 0) is 18.4 Å². The van der Waals surface area contributed by atoms with Gasteiger partial charge in [0.1, 0.15) is 5.76 Å². The Bertz CT molecular complexity index is 678. The summed E-state index contributed by atoms with van der Waals surface area (Å²) in [6.45, 7) is 2.76. The predicted octanol–water partition coefficient (Wildman–Crippen LogP) is 4.30. The molecule has 0 unspecified atom stereocenters. The lowest BCUT2D eigenvalue weighted by atomic mass is 10.1. The summed E-state index contributed by atoms with van der Waals surface area (Å²) in [4.78, 5) is 11.3. The number of aliphatic hydroxyl groups excluding tert-OH is 1. The Morgan fingerprint density at radius 2 is 1.74 bits per heavy atom. The molecule has 0 atom stereocenters. The van der Waals surface area contributed by atoms with Gasteiger partial charge in [0.15, 0.2) is 11.5 Å². The SMILES string of the molecule is CC(=O)C(N=Nc1cccc2ccccc12)=C(C)O. The van der Waals surface area contributed by atoms with Gasteiger partial charge in [-0.2, -0.15) is 0 Å². The van der Waals surface area contributed by atoms with Crippen molar-refractivity contribution in [2.75, 3.05) is 0 Å². The molecule has 0 saturated carbocycles. The zero-order chi connectivity index (χ0) is 13.8. The minimum atomic E-state index is -0.316. The molecule has 4 nitrogen and oxygen atoms in total. The average Bonchev–Trinajstić information content (AvgIpc) is 2.38. The number of ketones is 1. The highest BCUT2D eigenvalue weighted by atomic mass is 16.3. The van der Waals surface area contributed by atoms with Gasteiger partial charge < -0.3 is 5.11 Å². The third-order valence-electron chi connectivity index (χ3n) is 2.70. The summed E-state index contributed by atoms with van der Waals surface area (Å²) in [5.41, 5.74) is 0.644. The molecule has 0 aliphatic rings. The second-order valence-corrected chi connectivity index (χ2v) is 4.19. The maximum absolute atomic E-state index is 11.3. The first-order valence-electron chi connectivity index (χ1n) is 5.90. The van der Waals surface area contributed by atoms with Crippen LogP contribution in [0.5, 0.6) is 0 Å². The largest absolute Gasteiger partial charge is 0.510 e. The van der Waals surface area contributed by atoms with Gasteiger partial charge in [-0.15, -0.1) is 10.2 Å². The van der Waals surface area contributed by atoms with E-state index in [4.69, 9.17) is 0 Å². The molecule has 0 heterocycles. The zero-order valence-corrected chi connectivity index (χ0v) is 10.8. The molecule has 2 rings (SSSR count). The van der Waals surface area contributed by atoms with Crippen LogP contribution in [0.15, 0.2) is 64.1 Å². The maximum atomic E-state index is 11.3. The molecule has 0 spiro atoms. The van der Waals surface area contributed by atoms with Gasteiger partial charge in [-0.25, -0.2) is 0 Å². The van der Waals surface area contributed by atoms with Crippen LogP contribution in [-0.4, -0.2) is 10.9 Å². The van der Waals surface area contributed by atoms with E-state index in [2.05, 4.69) is 10.2 Å². The van der Waals surface area contributed by atoms with Crippen molar-refractivity contribution in [3.8, 4) is 0 Å². The molecule has 0 fully saturated rings. The van der Waals surface area contributed by atoms with Crippen LogP contribution in [-0.2, 0) is 4.79 Å². The number of benzene rings is 2. The Morgan fingerprint density at radius 1 is 1.05 bits per heavy atom. The number of fused-ring (bicyclic) bond motifs is 1. The molecule has 19 heavy (non-hydrogen) atoms. The number of nitrogens with zero attached hydrogens (tertiary/aromatic N) is 2. The van der Waals surface area contributed by atoms with Gasteiger partial charge in [0.25, 0.3) is 0 Å². The summed E-state index contributed by atoms with van der Waals surface area (Å²) in [6.07, 6.45) is 0. The lowest BCUT2D eigenvalue weighted by Crippen LogP contribution is -1.96. The molecule has 4 heteroatoms. The van der Waals surface area contributed by atoms with E-state index < -0.39 is 0 Å². The molecule has 0 aliphatic carbocycles. The van der Waals surface area contributed by atoms with Crippen molar-refractivity contribution in [2.24, 2.45) is 10.2 Å². The fourth-order valence-corrected chi connectivity index (χ4v) is 1.80. The molecular weight excluding hydrogens is 240 g/mol. The Labute approximate surface area is 111 Å². The van der Waals surface area contributed by atoms with Crippen LogP contribution >= 0.6 is 0 Å². The smallest absolute Gasteiger partial charge is 0.183 e. The van der Waals surface area contributed by atoms with Crippen molar-refractivity contribution >= 4 is 22.2 Å². The van der Waals surface area contributed by atoms with Crippen molar-refractivity contribution in [2.45, 2.75) is 13.8 Å². The van der Waals surface area contributed by atoms with Crippen molar-refractivity contribution in [1.29, 1.82) is 0 Å². The summed E-state index contributed by atoms with van der Waals surface area (Å²) in [5.74, 6) is -0.444. The summed E-state index contributed by atoms with van der Waals surface area (Å²) < 4.78 is 0. The van der Waals surface area contributed by atoms with Crippen LogP contribution in [0.2, 0.25) is 0 Å². The fraction of sp³-hybridized carbons (Fsp3) is 0.133. The molecule has 0 amide bonds. The standard InChI is InChI=1S/C15H14N2O2/c1-10(18)15(11(2)19)17-16-14-9-5-7-12-6-3-4-8-13(12)14/h3-9,18H,1-2H3. The number of aliphatic hydroxyl groups is 1. The van der Waals surface area contributed by atoms with E-state index in [0.29, 0.717) is 5.69 Å². The Hall–Kier alpha value is -2.49. The van der Waals surface area contributed by atoms with E-state index in [9.17, 15) is 9.90 Å². The van der Waals surface area contributed by atoms with Gasteiger partial charge in [0.05, 0.1) is 5.69 Å². The van der Waals surface area contributed by atoms with E-state index in [-0.39, 0.29) is 17.2 Å².